The number of esters is 1. The maximum absolute atomic E-state index is 13.4. The van der Waals surface area contributed by atoms with Gasteiger partial charge in [0.2, 0.25) is 5.91 Å². The van der Waals surface area contributed by atoms with Crippen LogP contribution < -0.4 is 5.32 Å². The van der Waals surface area contributed by atoms with E-state index in [1.807, 2.05) is 54.5 Å². The summed E-state index contributed by atoms with van der Waals surface area (Å²) in [6, 6.07) is 14.8. The van der Waals surface area contributed by atoms with Crippen LogP contribution in [0.4, 0.5) is 5.69 Å². The first kappa shape index (κ1) is 26.2. The van der Waals surface area contributed by atoms with Gasteiger partial charge in [-0.1, -0.05) is 55.9 Å². The van der Waals surface area contributed by atoms with Gasteiger partial charge in [0, 0.05) is 24.4 Å². The normalized spacial score (nSPS) is 16.8. The Labute approximate surface area is 219 Å². The number of nitro benzene ring substituents is 1. The van der Waals surface area contributed by atoms with E-state index in [2.05, 4.69) is 10.3 Å². The minimum Gasteiger partial charge on any atom is -0.457 e. The lowest BCUT2D eigenvalue weighted by Gasteiger charge is -2.36. The van der Waals surface area contributed by atoms with Gasteiger partial charge in [-0.3, -0.25) is 14.9 Å². The molecule has 2 aromatic carbocycles. The lowest BCUT2D eigenvalue weighted by Crippen LogP contribution is -2.38. The Morgan fingerprint density at radius 3 is 2.51 bits per heavy atom. The number of non-ortho nitro benzene ring substituents is 1. The summed E-state index contributed by atoms with van der Waals surface area (Å²) in [5.74, 6) is -0.357. The average molecular weight is 521 g/mol. The number of amides is 1. The van der Waals surface area contributed by atoms with Crippen LogP contribution in [0.25, 0.3) is 0 Å². The van der Waals surface area contributed by atoms with Crippen molar-refractivity contribution in [3.8, 4) is 0 Å². The van der Waals surface area contributed by atoms with Gasteiger partial charge in [0.15, 0.2) is 5.17 Å². The maximum Gasteiger partial charge on any atom is 0.338 e. The van der Waals surface area contributed by atoms with Crippen molar-refractivity contribution in [3.63, 3.8) is 0 Å². The van der Waals surface area contributed by atoms with Gasteiger partial charge in [-0.15, -0.1) is 0 Å². The SMILES string of the molecule is CC1=C(C(=O)OCc2ccccc2)C(c2ccc([N+](=O)[O-])cc2)N2C(CC(=O)NCC(C)C)=CSC2=N1. The summed E-state index contributed by atoms with van der Waals surface area (Å²) >= 11 is 1.37. The van der Waals surface area contributed by atoms with Crippen molar-refractivity contribution in [1.29, 1.82) is 0 Å². The number of hydrogen-bond donors (Lipinski definition) is 1. The van der Waals surface area contributed by atoms with Crippen molar-refractivity contribution >= 4 is 34.5 Å². The lowest BCUT2D eigenvalue weighted by molar-refractivity contribution is -0.384. The maximum atomic E-state index is 13.4. The average Bonchev–Trinajstić information content (AvgIpc) is 3.27. The predicted octanol–water partition coefficient (Wildman–Crippen LogP) is 5.08. The number of allylic oxidation sites excluding steroid dienone is 1. The van der Waals surface area contributed by atoms with Crippen LogP contribution in [-0.2, 0) is 20.9 Å². The molecule has 1 N–H and O–H groups in total. The third-order valence-electron chi connectivity index (χ3n) is 5.90. The van der Waals surface area contributed by atoms with Crippen LogP contribution in [0.5, 0.6) is 0 Å². The second-order valence-corrected chi connectivity index (χ2v) is 10.0. The topological polar surface area (TPSA) is 114 Å². The number of thioether (sulfide) groups is 1. The molecule has 0 bridgehead atoms. The highest BCUT2D eigenvalue weighted by atomic mass is 32.2. The monoisotopic (exact) mass is 520 g/mol. The van der Waals surface area contributed by atoms with Crippen molar-refractivity contribution in [2.24, 2.45) is 10.9 Å². The lowest BCUT2D eigenvalue weighted by atomic mass is 9.93. The van der Waals surface area contributed by atoms with Gasteiger partial charge in [-0.25, -0.2) is 9.79 Å². The molecule has 2 heterocycles. The fourth-order valence-corrected chi connectivity index (χ4v) is 5.03. The van der Waals surface area contributed by atoms with Crippen LogP contribution in [0, 0.1) is 16.0 Å². The van der Waals surface area contributed by atoms with Crippen LogP contribution >= 0.6 is 11.8 Å². The molecule has 0 radical (unpaired) electrons. The number of aliphatic imine (C=N–C) groups is 1. The number of nitrogens with one attached hydrogen (secondary N) is 1. The fourth-order valence-electron chi connectivity index (χ4n) is 4.07. The van der Waals surface area contributed by atoms with Gasteiger partial charge in [0.25, 0.3) is 5.69 Å². The highest BCUT2D eigenvalue weighted by Gasteiger charge is 2.41. The number of rotatable bonds is 9. The zero-order valence-corrected chi connectivity index (χ0v) is 21.7. The summed E-state index contributed by atoms with van der Waals surface area (Å²) in [7, 11) is 0. The second kappa shape index (κ2) is 11.4. The minimum atomic E-state index is -0.657. The summed E-state index contributed by atoms with van der Waals surface area (Å²) in [6.07, 6.45) is 0.105. The molecule has 192 valence electrons. The number of carbonyl (C=O) groups is 2. The van der Waals surface area contributed by atoms with Crippen molar-refractivity contribution in [2.45, 2.75) is 39.8 Å². The highest BCUT2D eigenvalue weighted by molar-refractivity contribution is 8.16. The molecule has 0 fully saturated rings. The van der Waals surface area contributed by atoms with Crippen molar-refractivity contribution in [3.05, 3.63) is 98.2 Å². The molecular weight excluding hydrogens is 492 g/mol. The number of hydrogen-bond acceptors (Lipinski definition) is 8. The van der Waals surface area contributed by atoms with Gasteiger partial charge in [0.1, 0.15) is 6.61 Å². The van der Waals surface area contributed by atoms with Crippen LogP contribution in [0.15, 0.2) is 82.0 Å². The van der Waals surface area contributed by atoms with Gasteiger partial charge in [0.05, 0.1) is 28.7 Å². The smallest absolute Gasteiger partial charge is 0.338 e. The molecule has 0 aromatic heterocycles. The molecule has 0 aliphatic carbocycles. The first-order chi connectivity index (χ1) is 17.7. The quantitative estimate of drug-likeness (QED) is 0.279. The molecule has 0 saturated heterocycles. The van der Waals surface area contributed by atoms with Crippen LogP contribution in [0.3, 0.4) is 0 Å². The molecule has 2 aromatic rings. The van der Waals surface area contributed by atoms with E-state index in [9.17, 15) is 19.7 Å². The summed E-state index contributed by atoms with van der Waals surface area (Å²) in [6.45, 7) is 6.44. The molecule has 10 heteroatoms. The summed E-state index contributed by atoms with van der Waals surface area (Å²) in [5, 5.41) is 16.7. The number of fused-ring (bicyclic) bond motifs is 1. The predicted molar refractivity (Wildman–Crippen MR) is 142 cm³/mol. The van der Waals surface area contributed by atoms with E-state index in [1.165, 1.54) is 23.9 Å². The minimum absolute atomic E-state index is 0.0537. The van der Waals surface area contributed by atoms with Crippen LogP contribution in [0.2, 0.25) is 0 Å². The van der Waals surface area contributed by atoms with E-state index in [-0.39, 0.29) is 24.6 Å². The molecule has 2 aliphatic heterocycles. The molecule has 37 heavy (non-hydrogen) atoms. The zero-order valence-electron chi connectivity index (χ0n) is 20.8. The van der Waals surface area contributed by atoms with Gasteiger partial charge < -0.3 is 15.0 Å². The molecule has 1 unspecified atom stereocenters. The van der Waals surface area contributed by atoms with Crippen molar-refractivity contribution < 1.29 is 19.2 Å². The molecular formula is C27H28N4O5S. The molecule has 0 spiro atoms. The van der Waals surface area contributed by atoms with E-state index >= 15 is 0 Å². The van der Waals surface area contributed by atoms with Crippen molar-refractivity contribution in [1.82, 2.24) is 10.2 Å². The number of amidine groups is 1. The van der Waals surface area contributed by atoms with Gasteiger partial charge >= 0.3 is 5.97 Å². The Morgan fingerprint density at radius 1 is 1.16 bits per heavy atom. The molecule has 9 nitrogen and oxygen atoms in total. The summed E-state index contributed by atoms with van der Waals surface area (Å²) in [5.41, 5.74) is 2.96. The Morgan fingerprint density at radius 2 is 1.86 bits per heavy atom. The number of benzene rings is 2. The number of carbonyl (C=O) groups excluding carboxylic acids is 2. The van der Waals surface area contributed by atoms with Crippen LogP contribution in [-0.4, -0.2) is 33.4 Å². The Balaban J connectivity index is 1.67. The molecule has 2 aliphatic rings. The van der Waals surface area contributed by atoms with Gasteiger partial charge in [-0.05, 0) is 41.5 Å². The standard InChI is InChI=1S/C27H28N4O5S/c1-17(2)14-28-23(32)13-22-16-37-27-29-18(3)24(26(33)36-15-19-7-5-4-6-8-19)25(30(22)27)20-9-11-21(12-10-20)31(34)35/h4-12,16-17,25H,13-15H2,1-3H3,(H,28,32). The van der Waals surface area contributed by atoms with Crippen LogP contribution in [0.1, 0.15) is 44.4 Å². The first-order valence-electron chi connectivity index (χ1n) is 11.9. The van der Waals surface area contributed by atoms with E-state index in [0.29, 0.717) is 40.2 Å². The molecule has 4 rings (SSSR count). The largest absolute Gasteiger partial charge is 0.457 e. The van der Waals surface area contributed by atoms with Gasteiger partial charge in [-0.2, -0.15) is 0 Å². The van der Waals surface area contributed by atoms with E-state index in [1.54, 1.807) is 19.1 Å². The molecule has 1 amide bonds. The number of nitrogens with zero attached hydrogens (tertiary/aromatic N) is 3. The second-order valence-electron chi connectivity index (χ2n) is 9.18. The number of ether oxygens (including phenoxy) is 1. The van der Waals surface area contributed by atoms with E-state index < -0.39 is 16.9 Å². The Bertz CT molecular complexity index is 1290. The summed E-state index contributed by atoms with van der Waals surface area (Å²) in [4.78, 5) is 43.4. The van der Waals surface area contributed by atoms with E-state index in [0.717, 1.165) is 5.56 Å². The van der Waals surface area contributed by atoms with Crippen molar-refractivity contribution in [2.75, 3.05) is 6.54 Å². The molecule has 0 saturated carbocycles. The van der Waals surface area contributed by atoms with E-state index in [4.69, 9.17) is 4.74 Å². The number of nitro groups is 1. The third kappa shape index (κ3) is 6.08. The fraction of sp³-hybridized carbons (Fsp3) is 0.296. The Kier molecular flexibility index (Phi) is 8.08. The zero-order chi connectivity index (χ0) is 26.5. The molecule has 1 atom stereocenters. The first-order valence-corrected chi connectivity index (χ1v) is 12.8. The summed E-state index contributed by atoms with van der Waals surface area (Å²) < 4.78 is 5.67. The Hall–Kier alpha value is -3.92. The highest BCUT2D eigenvalue weighted by Crippen LogP contribution is 2.45. The third-order valence-corrected chi connectivity index (χ3v) is 6.79.